The molecule has 3 heterocycles. The topological polar surface area (TPSA) is 173 Å². The van der Waals surface area contributed by atoms with Gasteiger partial charge in [-0.25, -0.2) is 9.97 Å². The lowest BCUT2D eigenvalue weighted by molar-refractivity contribution is -0.742. The second-order valence-electron chi connectivity index (χ2n) is 7.23. The highest BCUT2D eigenvalue weighted by Crippen LogP contribution is 2.31. The zero-order valence-electron chi connectivity index (χ0n) is 16.6. The summed E-state index contributed by atoms with van der Waals surface area (Å²) in [7, 11) is 0. The van der Waals surface area contributed by atoms with Crippen molar-refractivity contribution in [3.63, 3.8) is 0 Å². The number of hydrogen-bond acceptors (Lipinski definition) is 6. The highest BCUT2D eigenvalue weighted by atomic mass is 16.9. The maximum atomic E-state index is 8.36. The molecule has 0 fully saturated rings. The first kappa shape index (κ1) is 22.6. The molecule has 0 amide bonds. The molecule has 1 aliphatic rings. The van der Waals surface area contributed by atoms with Crippen LogP contribution in [0.5, 0.6) is 0 Å². The maximum absolute atomic E-state index is 8.36. The van der Waals surface area contributed by atoms with Gasteiger partial charge in [0.25, 0.3) is 10.2 Å². The van der Waals surface area contributed by atoms with E-state index in [0.29, 0.717) is 12.0 Å². The van der Waals surface area contributed by atoms with Crippen LogP contribution in [0.2, 0.25) is 0 Å². The lowest BCUT2D eigenvalue weighted by Crippen LogP contribution is -2.17. The van der Waals surface area contributed by atoms with Crippen molar-refractivity contribution in [1.82, 2.24) is 19.5 Å². The number of fused-ring (bicyclic) bond motifs is 2. The Morgan fingerprint density at radius 2 is 1.93 bits per heavy atom. The molecule has 0 aliphatic carbocycles. The SMILES string of the molecule is CC(C)Cc1nc2ccc(C3CCCc4cncn43)cc2[nH]1.O=[N+]([O-])O.O=[N+]([O-])O. The largest absolute Gasteiger partial charge is 0.342 e. The molecule has 2 aromatic heterocycles. The number of rotatable bonds is 3. The van der Waals surface area contributed by atoms with Gasteiger partial charge < -0.3 is 20.0 Å². The van der Waals surface area contributed by atoms with Crippen LogP contribution in [-0.4, -0.2) is 40.1 Å². The minimum atomic E-state index is -1.50. The number of aryl methyl sites for hydroxylation is 1. The molecule has 12 nitrogen and oxygen atoms in total. The number of imidazole rings is 2. The fourth-order valence-electron chi connectivity index (χ4n) is 3.52. The van der Waals surface area contributed by atoms with Crippen LogP contribution >= 0.6 is 0 Å². The maximum Gasteiger partial charge on any atom is 0.291 e. The third kappa shape index (κ3) is 6.43. The summed E-state index contributed by atoms with van der Waals surface area (Å²) in [5.41, 5.74) is 4.93. The van der Waals surface area contributed by atoms with Crippen LogP contribution in [0.3, 0.4) is 0 Å². The van der Waals surface area contributed by atoms with E-state index in [1.54, 1.807) is 0 Å². The van der Waals surface area contributed by atoms with Gasteiger partial charge in [-0.1, -0.05) is 19.9 Å². The Kier molecular flexibility index (Phi) is 7.67. The quantitative estimate of drug-likeness (QED) is 0.428. The molecule has 162 valence electrons. The second-order valence-corrected chi connectivity index (χ2v) is 7.23. The highest BCUT2D eigenvalue weighted by molar-refractivity contribution is 5.76. The first-order chi connectivity index (χ1) is 14.2. The van der Waals surface area contributed by atoms with Crippen LogP contribution in [0.4, 0.5) is 0 Å². The van der Waals surface area contributed by atoms with Gasteiger partial charge in [-0.3, -0.25) is 0 Å². The Hall–Kier alpha value is -3.70. The fraction of sp³-hybridized carbons (Fsp3) is 0.444. The standard InChI is InChI=1S/C18H22N4.2HNO3/c1-12(2)8-18-20-15-7-6-13(9-16(15)21-18)17-5-3-4-14-10-19-11-22(14)17;2*2-1(3)4/h6-7,9-12,17H,3-5,8H2,1-2H3,(H,20,21);2*(H,2,3,4). The second kappa shape index (κ2) is 10.2. The number of aromatic nitrogens is 4. The smallest absolute Gasteiger partial charge is 0.291 e. The predicted molar refractivity (Wildman–Crippen MR) is 106 cm³/mol. The number of H-pyrrole nitrogens is 1. The van der Waals surface area contributed by atoms with E-state index < -0.39 is 10.2 Å². The van der Waals surface area contributed by atoms with Gasteiger partial charge in [-0.15, -0.1) is 20.2 Å². The Bertz CT molecular complexity index is 978. The number of benzene rings is 1. The molecule has 1 aromatic carbocycles. The van der Waals surface area contributed by atoms with E-state index in [1.165, 1.54) is 24.1 Å². The monoisotopic (exact) mass is 420 g/mol. The molecule has 3 aromatic rings. The van der Waals surface area contributed by atoms with E-state index in [1.807, 2.05) is 12.5 Å². The number of nitrogens with one attached hydrogen (secondary N) is 1. The fourth-order valence-corrected chi connectivity index (χ4v) is 3.52. The third-order valence-corrected chi connectivity index (χ3v) is 4.53. The average Bonchev–Trinajstić information content (AvgIpc) is 3.25. The molecule has 30 heavy (non-hydrogen) atoms. The van der Waals surface area contributed by atoms with Crippen LogP contribution < -0.4 is 0 Å². The van der Waals surface area contributed by atoms with Crippen LogP contribution in [-0.2, 0) is 12.8 Å². The van der Waals surface area contributed by atoms with Crippen molar-refractivity contribution in [1.29, 1.82) is 0 Å². The van der Waals surface area contributed by atoms with Crippen molar-refractivity contribution in [2.75, 3.05) is 0 Å². The number of aromatic amines is 1. The third-order valence-electron chi connectivity index (χ3n) is 4.53. The lowest BCUT2D eigenvalue weighted by Gasteiger charge is -2.25. The highest BCUT2D eigenvalue weighted by Gasteiger charge is 2.21. The first-order valence-electron chi connectivity index (χ1n) is 9.33. The number of nitrogens with zero attached hydrogens (tertiary/aromatic N) is 5. The minimum absolute atomic E-state index is 0.410. The predicted octanol–water partition coefficient (Wildman–Crippen LogP) is 3.19. The normalized spacial score (nSPS) is 14.8. The van der Waals surface area contributed by atoms with E-state index in [0.717, 1.165) is 29.7 Å². The van der Waals surface area contributed by atoms with Crippen molar-refractivity contribution in [3.05, 3.63) is 68.0 Å². The Morgan fingerprint density at radius 3 is 2.57 bits per heavy atom. The molecule has 4 rings (SSSR count). The lowest BCUT2D eigenvalue weighted by atomic mass is 9.96. The summed E-state index contributed by atoms with van der Waals surface area (Å²) in [5.74, 6) is 1.71. The van der Waals surface area contributed by atoms with Gasteiger partial charge in [0.15, 0.2) is 0 Å². The van der Waals surface area contributed by atoms with Gasteiger partial charge in [0, 0.05) is 18.3 Å². The van der Waals surface area contributed by atoms with Gasteiger partial charge in [-0.05, 0) is 42.9 Å². The summed E-state index contributed by atoms with van der Waals surface area (Å²) >= 11 is 0. The van der Waals surface area contributed by atoms with Gasteiger partial charge in [-0.2, -0.15) is 0 Å². The Balaban J connectivity index is 0.000000347. The van der Waals surface area contributed by atoms with Crippen molar-refractivity contribution < 1.29 is 20.6 Å². The molecule has 0 saturated carbocycles. The van der Waals surface area contributed by atoms with Crippen molar-refractivity contribution in [2.45, 2.75) is 45.6 Å². The van der Waals surface area contributed by atoms with Crippen LogP contribution in [0, 0.1) is 26.1 Å². The van der Waals surface area contributed by atoms with Gasteiger partial charge >= 0.3 is 0 Å². The summed E-state index contributed by atoms with van der Waals surface area (Å²) in [6.07, 6.45) is 8.53. The van der Waals surface area contributed by atoms with E-state index >= 15 is 0 Å². The number of hydrogen-bond donors (Lipinski definition) is 3. The zero-order valence-corrected chi connectivity index (χ0v) is 16.6. The molecule has 3 N–H and O–H groups in total. The van der Waals surface area contributed by atoms with Crippen molar-refractivity contribution >= 4 is 11.0 Å². The zero-order chi connectivity index (χ0) is 22.3. The average molecular weight is 420 g/mol. The molecule has 1 atom stereocenters. The van der Waals surface area contributed by atoms with Gasteiger partial charge in [0.05, 0.1) is 23.4 Å². The molecule has 0 bridgehead atoms. The Labute approximate surface area is 171 Å². The first-order valence-corrected chi connectivity index (χ1v) is 9.33. The summed E-state index contributed by atoms with van der Waals surface area (Å²) in [6.45, 7) is 4.45. The molecule has 12 heteroatoms. The van der Waals surface area contributed by atoms with E-state index in [2.05, 4.69) is 46.6 Å². The molecule has 1 unspecified atom stereocenters. The molecule has 0 saturated heterocycles. The van der Waals surface area contributed by atoms with Crippen LogP contribution in [0.1, 0.15) is 49.8 Å². The van der Waals surface area contributed by atoms with Crippen LogP contribution in [0.15, 0.2) is 30.7 Å². The van der Waals surface area contributed by atoms with E-state index in [4.69, 9.17) is 35.6 Å². The summed E-state index contributed by atoms with van der Waals surface area (Å²) in [4.78, 5) is 29.2. The summed E-state index contributed by atoms with van der Waals surface area (Å²) < 4.78 is 2.33. The molecular weight excluding hydrogens is 396 g/mol. The minimum Gasteiger partial charge on any atom is -0.342 e. The molecular formula is C18H24N6O6. The van der Waals surface area contributed by atoms with Crippen molar-refractivity contribution in [2.24, 2.45) is 5.92 Å². The summed E-state index contributed by atoms with van der Waals surface area (Å²) in [6, 6.07) is 7.05. The van der Waals surface area contributed by atoms with Gasteiger partial charge in [0.1, 0.15) is 5.82 Å². The van der Waals surface area contributed by atoms with Crippen LogP contribution in [0.25, 0.3) is 11.0 Å². The molecule has 0 radical (unpaired) electrons. The van der Waals surface area contributed by atoms with Gasteiger partial charge in [0.2, 0.25) is 0 Å². The van der Waals surface area contributed by atoms with Crippen molar-refractivity contribution in [3.8, 4) is 0 Å². The van der Waals surface area contributed by atoms with E-state index in [-0.39, 0.29) is 0 Å². The Morgan fingerprint density at radius 1 is 1.27 bits per heavy atom. The van der Waals surface area contributed by atoms with E-state index in [9.17, 15) is 0 Å². The molecule has 1 aliphatic heterocycles. The molecule has 0 spiro atoms. The summed E-state index contributed by atoms with van der Waals surface area (Å²) in [5, 5.41) is 27.3.